The van der Waals surface area contributed by atoms with Crippen LogP contribution in [-0.4, -0.2) is 42.8 Å². The van der Waals surface area contributed by atoms with E-state index in [4.69, 9.17) is 9.47 Å². The standard InChI is InChI=1S/C26H31N3O2/c1-30-22-11-12-24-23(20-22)27-26(25-10-7-16-29(24)25)13-17-28(18-14-26)15-5-6-19-31-21-8-3-2-4-9-21/h2-4,7-12,16,20,27H,5-6,13-15,17-19H2,1H3. The maximum Gasteiger partial charge on any atom is 0.121 e. The zero-order chi connectivity index (χ0) is 21.1. The second kappa shape index (κ2) is 8.67. The van der Waals surface area contributed by atoms with Crippen LogP contribution < -0.4 is 14.8 Å². The van der Waals surface area contributed by atoms with E-state index in [1.807, 2.05) is 36.4 Å². The average molecular weight is 418 g/mol. The van der Waals surface area contributed by atoms with Gasteiger partial charge >= 0.3 is 0 Å². The molecule has 3 heterocycles. The number of nitrogens with zero attached hydrogens (tertiary/aromatic N) is 2. The predicted molar refractivity (Wildman–Crippen MR) is 124 cm³/mol. The molecule has 5 heteroatoms. The monoisotopic (exact) mass is 417 g/mol. The van der Waals surface area contributed by atoms with Crippen LogP contribution >= 0.6 is 0 Å². The van der Waals surface area contributed by atoms with E-state index in [0.717, 1.165) is 62.7 Å². The molecular weight excluding hydrogens is 386 g/mol. The fourth-order valence-corrected chi connectivity index (χ4v) is 4.94. The van der Waals surface area contributed by atoms with Gasteiger partial charge in [-0.15, -0.1) is 0 Å². The van der Waals surface area contributed by atoms with Crippen molar-refractivity contribution in [3.8, 4) is 17.2 Å². The van der Waals surface area contributed by atoms with Crippen LogP contribution in [0.5, 0.6) is 11.5 Å². The Hall–Kier alpha value is -2.92. The number of nitrogens with one attached hydrogen (secondary N) is 1. The summed E-state index contributed by atoms with van der Waals surface area (Å²) in [5.74, 6) is 1.86. The molecule has 2 aliphatic rings. The number of anilines is 1. The summed E-state index contributed by atoms with van der Waals surface area (Å²) in [6.07, 6.45) is 6.65. The Bertz CT molecular complexity index is 1010. The van der Waals surface area contributed by atoms with Crippen molar-refractivity contribution < 1.29 is 9.47 Å². The number of ether oxygens (including phenoxy) is 2. The molecule has 3 aromatic rings. The topological polar surface area (TPSA) is 38.7 Å². The van der Waals surface area contributed by atoms with Crippen molar-refractivity contribution >= 4 is 5.69 Å². The number of hydrogen-bond acceptors (Lipinski definition) is 4. The molecule has 162 valence electrons. The molecule has 2 aromatic carbocycles. The fourth-order valence-electron chi connectivity index (χ4n) is 4.94. The molecule has 0 aliphatic carbocycles. The number of fused-ring (bicyclic) bond motifs is 4. The lowest BCUT2D eigenvalue weighted by atomic mass is 9.82. The largest absolute Gasteiger partial charge is 0.497 e. The van der Waals surface area contributed by atoms with Crippen molar-refractivity contribution in [1.29, 1.82) is 0 Å². The highest BCUT2D eigenvalue weighted by Crippen LogP contribution is 2.44. The van der Waals surface area contributed by atoms with Gasteiger partial charge in [0.05, 0.1) is 30.6 Å². The zero-order valence-electron chi connectivity index (χ0n) is 18.2. The number of unbranched alkanes of at least 4 members (excludes halogenated alkanes) is 1. The van der Waals surface area contributed by atoms with Gasteiger partial charge in [-0.25, -0.2) is 0 Å². The lowest BCUT2D eigenvalue weighted by molar-refractivity contribution is 0.163. The quantitative estimate of drug-likeness (QED) is 0.545. The molecule has 0 unspecified atom stereocenters. The van der Waals surface area contributed by atoms with Gasteiger partial charge < -0.3 is 24.3 Å². The fraction of sp³-hybridized carbons (Fsp3) is 0.385. The first-order valence-corrected chi connectivity index (χ1v) is 11.3. The van der Waals surface area contributed by atoms with Crippen molar-refractivity contribution in [2.75, 3.05) is 38.7 Å². The summed E-state index contributed by atoms with van der Waals surface area (Å²) >= 11 is 0. The van der Waals surface area contributed by atoms with E-state index < -0.39 is 0 Å². The van der Waals surface area contributed by atoms with Gasteiger partial charge in [0.25, 0.3) is 0 Å². The number of rotatable bonds is 7. The van der Waals surface area contributed by atoms with Crippen molar-refractivity contribution in [3.05, 3.63) is 72.6 Å². The number of benzene rings is 2. The van der Waals surface area contributed by atoms with Crippen LogP contribution in [0.4, 0.5) is 5.69 Å². The number of piperidine rings is 1. The molecule has 0 amide bonds. The summed E-state index contributed by atoms with van der Waals surface area (Å²) in [5.41, 5.74) is 3.73. The Morgan fingerprint density at radius 3 is 2.58 bits per heavy atom. The van der Waals surface area contributed by atoms with Gasteiger partial charge in [-0.2, -0.15) is 0 Å². The maximum atomic E-state index is 5.83. The van der Waals surface area contributed by atoms with Crippen LogP contribution in [0.15, 0.2) is 66.9 Å². The molecular formula is C26H31N3O2. The van der Waals surface area contributed by atoms with E-state index in [-0.39, 0.29) is 5.54 Å². The smallest absolute Gasteiger partial charge is 0.121 e. The van der Waals surface area contributed by atoms with Gasteiger partial charge in [-0.1, -0.05) is 18.2 Å². The molecule has 5 nitrogen and oxygen atoms in total. The summed E-state index contributed by atoms with van der Waals surface area (Å²) in [4.78, 5) is 2.60. The molecule has 0 radical (unpaired) electrons. The molecule has 5 rings (SSSR count). The molecule has 1 fully saturated rings. The number of aromatic nitrogens is 1. The van der Waals surface area contributed by atoms with E-state index in [0.29, 0.717) is 0 Å². The molecule has 1 saturated heterocycles. The molecule has 31 heavy (non-hydrogen) atoms. The van der Waals surface area contributed by atoms with Crippen molar-refractivity contribution in [3.63, 3.8) is 0 Å². The highest BCUT2D eigenvalue weighted by Gasteiger charge is 2.41. The first-order valence-electron chi connectivity index (χ1n) is 11.3. The van der Waals surface area contributed by atoms with E-state index in [2.05, 4.69) is 45.2 Å². The first kappa shape index (κ1) is 20.0. The van der Waals surface area contributed by atoms with Crippen LogP contribution in [-0.2, 0) is 5.54 Å². The van der Waals surface area contributed by atoms with E-state index in [1.54, 1.807) is 7.11 Å². The molecule has 0 saturated carbocycles. The van der Waals surface area contributed by atoms with Crippen LogP contribution in [0.25, 0.3) is 5.69 Å². The predicted octanol–water partition coefficient (Wildman–Crippen LogP) is 5.06. The highest BCUT2D eigenvalue weighted by atomic mass is 16.5. The first-order chi connectivity index (χ1) is 15.3. The molecule has 0 bridgehead atoms. The third kappa shape index (κ3) is 4.02. The second-order valence-electron chi connectivity index (χ2n) is 8.56. The Kier molecular flexibility index (Phi) is 5.60. The van der Waals surface area contributed by atoms with Gasteiger partial charge in [0.2, 0.25) is 0 Å². The van der Waals surface area contributed by atoms with Crippen molar-refractivity contribution in [1.82, 2.24) is 9.47 Å². The Labute approximate surface area is 184 Å². The third-order valence-corrected chi connectivity index (χ3v) is 6.67. The molecule has 1 spiro atoms. The summed E-state index contributed by atoms with van der Waals surface area (Å²) in [5, 5.41) is 3.90. The Morgan fingerprint density at radius 1 is 0.935 bits per heavy atom. The molecule has 2 aliphatic heterocycles. The summed E-state index contributed by atoms with van der Waals surface area (Å²) in [7, 11) is 1.73. The van der Waals surface area contributed by atoms with Crippen LogP contribution in [0.2, 0.25) is 0 Å². The number of para-hydroxylation sites is 1. The molecule has 1 aromatic heterocycles. The highest BCUT2D eigenvalue weighted by molar-refractivity contribution is 5.69. The molecule has 1 N–H and O–H groups in total. The lowest BCUT2D eigenvalue weighted by Crippen LogP contribution is -2.49. The average Bonchev–Trinajstić information content (AvgIpc) is 3.32. The third-order valence-electron chi connectivity index (χ3n) is 6.67. The normalized spacial score (nSPS) is 16.9. The number of hydrogen-bond donors (Lipinski definition) is 1. The van der Waals surface area contributed by atoms with Gasteiger partial charge in [0, 0.05) is 31.0 Å². The van der Waals surface area contributed by atoms with Crippen LogP contribution in [0, 0.1) is 0 Å². The van der Waals surface area contributed by atoms with E-state index in [9.17, 15) is 0 Å². The van der Waals surface area contributed by atoms with Gasteiger partial charge in [0.1, 0.15) is 11.5 Å². The summed E-state index contributed by atoms with van der Waals surface area (Å²) < 4.78 is 13.6. The van der Waals surface area contributed by atoms with Crippen molar-refractivity contribution in [2.45, 2.75) is 31.2 Å². The van der Waals surface area contributed by atoms with Gasteiger partial charge in [-0.05, 0) is 68.6 Å². The van der Waals surface area contributed by atoms with Crippen LogP contribution in [0.1, 0.15) is 31.4 Å². The maximum absolute atomic E-state index is 5.83. The number of methoxy groups -OCH3 is 1. The molecule has 0 atom stereocenters. The number of likely N-dealkylation sites (tertiary alicyclic amines) is 1. The minimum atomic E-state index is -0.00418. The van der Waals surface area contributed by atoms with E-state index >= 15 is 0 Å². The minimum absolute atomic E-state index is 0.00418. The Morgan fingerprint density at radius 2 is 1.77 bits per heavy atom. The van der Waals surface area contributed by atoms with Crippen molar-refractivity contribution in [2.24, 2.45) is 0 Å². The lowest BCUT2D eigenvalue weighted by Gasteiger charge is -2.46. The van der Waals surface area contributed by atoms with Gasteiger partial charge in [0.15, 0.2) is 0 Å². The minimum Gasteiger partial charge on any atom is -0.497 e. The zero-order valence-corrected chi connectivity index (χ0v) is 18.2. The van der Waals surface area contributed by atoms with Crippen LogP contribution in [0.3, 0.4) is 0 Å². The SMILES string of the molecule is COc1ccc2c(c1)NC1(CCN(CCCCOc3ccccc3)CC1)c1cccn1-2. The van der Waals surface area contributed by atoms with E-state index in [1.165, 1.54) is 17.8 Å². The van der Waals surface area contributed by atoms with Gasteiger partial charge in [-0.3, -0.25) is 0 Å². The summed E-state index contributed by atoms with van der Waals surface area (Å²) in [6.45, 7) is 4.14. The Balaban J connectivity index is 1.17. The summed E-state index contributed by atoms with van der Waals surface area (Å²) in [6, 6.07) is 20.8. The second-order valence-corrected chi connectivity index (χ2v) is 8.56.